The summed E-state index contributed by atoms with van der Waals surface area (Å²) in [6.45, 7) is 10.8. The average Bonchev–Trinajstić information content (AvgIpc) is 3.21. The molecule has 2 heterocycles. The van der Waals surface area contributed by atoms with Crippen molar-refractivity contribution in [3.63, 3.8) is 0 Å². The number of carbonyl (C=O) groups excluding carboxylic acids is 1. The number of aromatic nitrogens is 3. The molecular formula is C25H31N5O3S. The normalized spacial score (nSPS) is 15.2. The molecule has 0 saturated carbocycles. The van der Waals surface area contributed by atoms with Crippen LogP contribution in [0.5, 0.6) is 0 Å². The zero-order chi connectivity index (χ0) is 24.6. The molecule has 8 nitrogen and oxygen atoms in total. The van der Waals surface area contributed by atoms with E-state index in [0.717, 1.165) is 22.4 Å². The Kier molecular flexibility index (Phi) is 6.60. The topological polar surface area (TPSA) is 88.4 Å². The van der Waals surface area contributed by atoms with Crippen molar-refractivity contribution in [2.75, 3.05) is 26.2 Å². The fourth-order valence-electron chi connectivity index (χ4n) is 4.27. The summed E-state index contributed by atoms with van der Waals surface area (Å²) >= 11 is 0. The van der Waals surface area contributed by atoms with Crippen LogP contribution in [-0.2, 0) is 10.0 Å². The molecule has 0 unspecified atom stereocenters. The third-order valence-corrected chi connectivity index (χ3v) is 8.28. The highest BCUT2D eigenvalue weighted by atomic mass is 32.2. The van der Waals surface area contributed by atoms with E-state index >= 15 is 0 Å². The number of aryl methyl sites for hydroxylation is 3. The van der Waals surface area contributed by atoms with Crippen LogP contribution in [0.25, 0.3) is 5.69 Å². The van der Waals surface area contributed by atoms with Gasteiger partial charge in [0.05, 0.1) is 10.6 Å². The summed E-state index contributed by atoms with van der Waals surface area (Å²) in [4.78, 5) is 19.5. The highest BCUT2D eigenvalue weighted by molar-refractivity contribution is 7.89. The molecule has 180 valence electrons. The summed E-state index contributed by atoms with van der Waals surface area (Å²) < 4.78 is 29.6. The number of piperazine rings is 1. The first kappa shape index (κ1) is 24.1. The minimum atomic E-state index is -3.62. The number of carbonyl (C=O) groups is 1. The maximum Gasteiger partial charge on any atom is 0.293 e. The molecule has 2 aromatic carbocycles. The molecule has 4 rings (SSSR count). The van der Waals surface area contributed by atoms with Crippen LogP contribution in [0.4, 0.5) is 0 Å². The first-order chi connectivity index (χ1) is 16.1. The smallest absolute Gasteiger partial charge is 0.293 e. The van der Waals surface area contributed by atoms with Crippen LogP contribution < -0.4 is 0 Å². The molecule has 0 spiro atoms. The van der Waals surface area contributed by atoms with Gasteiger partial charge in [-0.25, -0.2) is 18.1 Å². The number of nitrogens with zero attached hydrogens (tertiary/aromatic N) is 5. The van der Waals surface area contributed by atoms with Gasteiger partial charge in [0.25, 0.3) is 5.91 Å². The maximum atomic E-state index is 13.2. The second kappa shape index (κ2) is 9.31. The molecule has 1 aliphatic rings. The van der Waals surface area contributed by atoms with E-state index in [9.17, 15) is 13.2 Å². The van der Waals surface area contributed by atoms with Crippen LogP contribution in [0.15, 0.2) is 47.4 Å². The minimum absolute atomic E-state index is 0.127. The maximum absolute atomic E-state index is 13.2. The van der Waals surface area contributed by atoms with Crippen molar-refractivity contribution in [2.24, 2.45) is 0 Å². The molecule has 1 saturated heterocycles. The van der Waals surface area contributed by atoms with Gasteiger partial charge in [-0.05, 0) is 55.5 Å². The van der Waals surface area contributed by atoms with Gasteiger partial charge in [-0.3, -0.25) is 4.79 Å². The summed E-state index contributed by atoms with van der Waals surface area (Å²) in [6.07, 6.45) is 0. The lowest BCUT2D eigenvalue weighted by atomic mass is 10.0. The van der Waals surface area contributed by atoms with Crippen LogP contribution in [0.3, 0.4) is 0 Å². The average molecular weight is 482 g/mol. The molecule has 0 aliphatic carbocycles. The van der Waals surface area contributed by atoms with Gasteiger partial charge in [0, 0.05) is 26.2 Å². The lowest BCUT2D eigenvalue weighted by molar-refractivity contribution is 0.0685. The fourth-order valence-corrected chi connectivity index (χ4v) is 6.01. The van der Waals surface area contributed by atoms with Gasteiger partial charge in [-0.1, -0.05) is 44.2 Å². The minimum Gasteiger partial charge on any atom is -0.333 e. The van der Waals surface area contributed by atoms with Gasteiger partial charge in [0.1, 0.15) is 5.82 Å². The summed E-state index contributed by atoms with van der Waals surface area (Å²) in [6, 6.07) is 13.4. The second-order valence-electron chi connectivity index (χ2n) is 9.07. The summed E-state index contributed by atoms with van der Waals surface area (Å²) in [5, 5.41) is 4.52. The van der Waals surface area contributed by atoms with Gasteiger partial charge in [0.2, 0.25) is 15.8 Å². The van der Waals surface area contributed by atoms with Crippen molar-refractivity contribution in [1.82, 2.24) is 24.0 Å². The molecule has 1 amide bonds. The van der Waals surface area contributed by atoms with Gasteiger partial charge in [-0.2, -0.15) is 4.31 Å². The molecule has 0 atom stereocenters. The molecule has 1 aromatic heterocycles. The van der Waals surface area contributed by atoms with Crippen molar-refractivity contribution in [2.45, 2.75) is 45.4 Å². The van der Waals surface area contributed by atoms with Crippen molar-refractivity contribution < 1.29 is 13.2 Å². The summed E-state index contributed by atoms with van der Waals surface area (Å²) in [7, 11) is -3.62. The molecule has 1 aliphatic heterocycles. The molecule has 0 bridgehead atoms. The number of amides is 1. The third-order valence-electron chi connectivity index (χ3n) is 6.23. The molecule has 0 N–H and O–H groups in total. The van der Waals surface area contributed by atoms with Gasteiger partial charge in [0.15, 0.2) is 0 Å². The molecule has 34 heavy (non-hydrogen) atoms. The van der Waals surface area contributed by atoms with Crippen LogP contribution in [0.2, 0.25) is 0 Å². The van der Waals surface area contributed by atoms with Crippen molar-refractivity contribution in [3.8, 4) is 5.69 Å². The Bertz CT molecular complexity index is 1320. The van der Waals surface area contributed by atoms with E-state index in [1.807, 2.05) is 44.2 Å². The Balaban J connectivity index is 1.51. The first-order valence-corrected chi connectivity index (χ1v) is 12.9. The van der Waals surface area contributed by atoms with Crippen molar-refractivity contribution >= 4 is 15.9 Å². The largest absolute Gasteiger partial charge is 0.333 e. The highest BCUT2D eigenvalue weighted by Gasteiger charge is 2.32. The van der Waals surface area contributed by atoms with Crippen molar-refractivity contribution in [3.05, 3.63) is 70.8 Å². The fraction of sp³-hybridized carbons (Fsp3) is 0.400. The van der Waals surface area contributed by atoms with E-state index in [2.05, 4.69) is 30.0 Å². The van der Waals surface area contributed by atoms with Crippen LogP contribution in [0, 0.1) is 20.8 Å². The number of hydrogen-bond donors (Lipinski definition) is 0. The predicted octanol–water partition coefficient (Wildman–Crippen LogP) is 3.46. The van der Waals surface area contributed by atoms with Crippen molar-refractivity contribution in [1.29, 1.82) is 0 Å². The number of sulfonamides is 1. The molecule has 3 aromatic rings. The molecule has 0 radical (unpaired) electrons. The Labute approximate surface area is 201 Å². The van der Waals surface area contributed by atoms with E-state index < -0.39 is 10.0 Å². The van der Waals surface area contributed by atoms with Gasteiger partial charge >= 0.3 is 0 Å². The monoisotopic (exact) mass is 481 g/mol. The zero-order valence-corrected chi connectivity index (χ0v) is 21.1. The quantitative estimate of drug-likeness (QED) is 0.557. The molecule has 1 fully saturated rings. The van der Waals surface area contributed by atoms with Gasteiger partial charge in [-0.15, -0.1) is 5.10 Å². The molecular weight excluding hydrogens is 450 g/mol. The van der Waals surface area contributed by atoms with E-state index in [4.69, 9.17) is 0 Å². The predicted molar refractivity (Wildman–Crippen MR) is 131 cm³/mol. The molecule has 9 heteroatoms. The SMILES string of the molecule is Cc1ccc(C)c(S(=O)(=O)N2CCN(C(=O)c3nc(C)n(-c4ccccc4C(C)C)n3)CC2)c1. The Morgan fingerprint density at radius 3 is 2.32 bits per heavy atom. The Morgan fingerprint density at radius 1 is 0.971 bits per heavy atom. The van der Waals surface area contributed by atoms with Crippen LogP contribution in [0.1, 0.15) is 52.9 Å². The number of benzene rings is 2. The number of para-hydroxylation sites is 1. The zero-order valence-electron chi connectivity index (χ0n) is 20.3. The van der Waals surface area contributed by atoms with E-state index in [0.29, 0.717) is 29.7 Å². The van der Waals surface area contributed by atoms with Crippen LogP contribution >= 0.6 is 0 Å². The lowest BCUT2D eigenvalue weighted by Crippen LogP contribution is -2.50. The first-order valence-electron chi connectivity index (χ1n) is 11.5. The number of hydrogen-bond acceptors (Lipinski definition) is 5. The standard InChI is InChI=1S/C25H31N5O3S/c1-17(2)21-8-6-7-9-22(21)30-20(5)26-24(27-30)25(31)28-12-14-29(15-13-28)34(32,33)23-16-18(3)10-11-19(23)4/h6-11,16-17H,12-15H2,1-5H3. The van der Waals surface area contributed by atoms with E-state index in [1.54, 1.807) is 22.6 Å². The summed E-state index contributed by atoms with van der Waals surface area (Å²) in [5.74, 6) is 0.771. The highest BCUT2D eigenvalue weighted by Crippen LogP contribution is 2.25. The van der Waals surface area contributed by atoms with E-state index in [1.165, 1.54) is 4.31 Å². The van der Waals surface area contributed by atoms with E-state index in [-0.39, 0.29) is 24.8 Å². The van der Waals surface area contributed by atoms with Crippen LogP contribution in [-0.4, -0.2) is 64.5 Å². The lowest BCUT2D eigenvalue weighted by Gasteiger charge is -2.33. The van der Waals surface area contributed by atoms with Gasteiger partial charge < -0.3 is 4.90 Å². The second-order valence-corrected chi connectivity index (χ2v) is 11.0. The summed E-state index contributed by atoms with van der Waals surface area (Å²) in [5.41, 5.74) is 3.65. The number of rotatable bonds is 5. The third kappa shape index (κ3) is 4.50. The Hall–Kier alpha value is -3.04. The Morgan fingerprint density at radius 2 is 1.65 bits per heavy atom.